The van der Waals surface area contributed by atoms with Crippen LogP contribution in [0, 0.1) is 0 Å². The molecule has 26 heavy (non-hydrogen) atoms. The number of sulfonamides is 1. The molecule has 7 heteroatoms. The van der Waals surface area contributed by atoms with Gasteiger partial charge >= 0.3 is 0 Å². The van der Waals surface area contributed by atoms with Crippen molar-refractivity contribution in [3.63, 3.8) is 0 Å². The van der Waals surface area contributed by atoms with E-state index in [1.165, 1.54) is 0 Å². The lowest BCUT2D eigenvalue weighted by Crippen LogP contribution is -2.47. The molecule has 1 amide bonds. The van der Waals surface area contributed by atoms with E-state index >= 15 is 0 Å². The number of halogens is 1. The highest BCUT2D eigenvalue weighted by Gasteiger charge is 2.29. The number of amides is 1. The van der Waals surface area contributed by atoms with Gasteiger partial charge in [-0.05, 0) is 42.7 Å². The Bertz CT molecular complexity index is 867. The van der Waals surface area contributed by atoms with Crippen LogP contribution in [0.25, 0.3) is 0 Å². The van der Waals surface area contributed by atoms with Crippen molar-refractivity contribution >= 4 is 33.2 Å². The van der Waals surface area contributed by atoms with Crippen LogP contribution in [0.5, 0.6) is 0 Å². The first-order valence-electron chi connectivity index (χ1n) is 8.33. The molecular formula is C19H23ClN2O3S. The number of carbonyl (C=O) groups is 1. The van der Waals surface area contributed by atoms with Crippen LogP contribution in [0.15, 0.2) is 48.5 Å². The largest absolute Gasteiger partial charge is 0.350 e. The molecule has 0 aliphatic carbocycles. The highest BCUT2D eigenvalue weighted by Crippen LogP contribution is 2.22. The topological polar surface area (TPSA) is 66.5 Å². The number of anilines is 1. The van der Waals surface area contributed by atoms with Gasteiger partial charge in [0.15, 0.2) is 0 Å². The van der Waals surface area contributed by atoms with Crippen LogP contribution in [0.2, 0.25) is 5.02 Å². The van der Waals surface area contributed by atoms with Crippen LogP contribution in [0.3, 0.4) is 0 Å². The lowest BCUT2D eigenvalue weighted by atomic mass is 10.1. The van der Waals surface area contributed by atoms with Crippen molar-refractivity contribution in [3.8, 4) is 0 Å². The van der Waals surface area contributed by atoms with Gasteiger partial charge in [-0.1, -0.05) is 48.9 Å². The van der Waals surface area contributed by atoms with Crippen molar-refractivity contribution in [1.82, 2.24) is 5.32 Å². The smallest absolute Gasteiger partial charge is 0.243 e. The highest BCUT2D eigenvalue weighted by molar-refractivity contribution is 7.92. The van der Waals surface area contributed by atoms with E-state index in [2.05, 4.69) is 5.32 Å². The van der Waals surface area contributed by atoms with Gasteiger partial charge in [-0.15, -0.1) is 0 Å². The van der Waals surface area contributed by atoms with Gasteiger partial charge in [0.1, 0.15) is 6.04 Å². The van der Waals surface area contributed by atoms with E-state index in [1.807, 2.05) is 37.3 Å². The lowest BCUT2D eigenvalue weighted by Gasteiger charge is -2.28. The Kier molecular flexibility index (Phi) is 6.67. The van der Waals surface area contributed by atoms with Crippen molar-refractivity contribution in [1.29, 1.82) is 0 Å². The molecule has 0 spiro atoms. The first-order chi connectivity index (χ1) is 12.2. The summed E-state index contributed by atoms with van der Waals surface area (Å²) in [5.74, 6) is -0.394. The third-order valence-electron chi connectivity index (χ3n) is 4.10. The molecule has 2 rings (SSSR count). The molecule has 0 fully saturated rings. The summed E-state index contributed by atoms with van der Waals surface area (Å²) in [6.45, 7) is 3.82. The van der Waals surface area contributed by atoms with E-state index in [1.54, 1.807) is 25.1 Å². The van der Waals surface area contributed by atoms with E-state index in [9.17, 15) is 13.2 Å². The fourth-order valence-corrected chi connectivity index (χ4v) is 4.04. The number of hydrogen-bond donors (Lipinski definition) is 1. The number of hydrogen-bond acceptors (Lipinski definition) is 3. The average molecular weight is 395 g/mol. The summed E-state index contributed by atoms with van der Waals surface area (Å²) >= 11 is 6.09. The molecule has 0 aliphatic heterocycles. The highest BCUT2D eigenvalue weighted by atomic mass is 35.5. The number of nitrogens with zero attached hydrogens (tertiary/aromatic N) is 1. The van der Waals surface area contributed by atoms with Gasteiger partial charge in [0, 0.05) is 11.6 Å². The van der Waals surface area contributed by atoms with Crippen LogP contribution >= 0.6 is 11.6 Å². The average Bonchev–Trinajstić information content (AvgIpc) is 2.60. The maximum absolute atomic E-state index is 12.6. The van der Waals surface area contributed by atoms with Crippen molar-refractivity contribution in [2.24, 2.45) is 0 Å². The molecule has 0 saturated heterocycles. The zero-order valence-electron chi connectivity index (χ0n) is 15.1. The van der Waals surface area contributed by atoms with Gasteiger partial charge in [-0.25, -0.2) is 8.42 Å². The molecule has 2 aromatic carbocycles. The third kappa shape index (κ3) is 4.99. The first kappa shape index (κ1) is 20.3. The minimum Gasteiger partial charge on any atom is -0.350 e. The SMILES string of the molecule is CCc1ccc(N([C@@H](C)C(=O)NCc2ccccc2Cl)S(C)(=O)=O)cc1. The van der Waals surface area contributed by atoms with Crippen molar-refractivity contribution in [2.75, 3.05) is 10.6 Å². The molecule has 0 radical (unpaired) electrons. The number of rotatable bonds is 7. The van der Waals surface area contributed by atoms with E-state index in [0.29, 0.717) is 10.7 Å². The molecule has 0 aromatic heterocycles. The maximum atomic E-state index is 12.6. The van der Waals surface area contributed by atoms with E-state index in [-0.39, 0.29) is 6.54 Å². The van der Waals surface area contributed by atoms with Crippen LogP contribution in [-0.4, -0.2) is 26.6 Å². The summed E-state index contributed by atoms with van der Waals surface area (Å²) in [4.78, 5) is 12.6. The van der Waals surface area contributed by atoms with Crippen LogP contribution in [0.1, 0.15) is 25.0 Å². The van der Waals surface area contributed by atoms with Crippen LogP contribution < -0.4 is 9.62 Å². The minimum absolute atomic E-state index is 0.231. The molecular weight excluding hydrogens is 372 g/mol. The van der Waals surface area contributed by atoms with Crippen LogP contribution in [-0.2, 0) is 27.8 Å². The number of benzene rings is 2. The quantitative estimate of drug-likeness (QED) is 0.782. The first-order valence-corrected chi connectivity index (χ1v) is 10.6. The predicted octanol–water partition coefficient (Wildman–Crippen LogP) is 3.37. The summed E-state index contributed by atoms with van der Waals surface area (Å²) in [7, 11) is -3.63. The summed E-state index contributed by atoms with van der Waals surface area (Å²) in [6.07, 6.45) is 1.95. The second kappa shape index (κ2) is 8.56. The Morgan fingerprint density at radius 3 is 2.31 bits per heavy atom. The van der Waals surface area contributed by atoms with Gasteiger partial charge < -0.3 is 5.32 Å². The Balaban J connectivity index is 2.19. The molecule has 0 saturated carbocycles. The number of aryl methyl sites for hydroxylation is 1. The Morgan fingerprint density at radius 2 is 1.77 bits per heavy atom. The zero-order chi connectivity index (χ0) is 19.3. The molecule has 140 valence electrons. The summed E-state index contributed by atoms with van der Waals surface area (Å²) in [5, 5.41) is 3.31. The van der Waals surface area contributed by atoms with Crippen molar-refractivity contribution in [2.45, 2.75) is 32.9 Å². The van der Waals surface area contributed by atoms with E-state index in [0.717, 1.165) is 28.1 Å². The standard InChI is InChI=1S/C19H23ClN2O3S/c1-4-15-9-11-17(12-10-15)22(26(3,24)25)14(2)19(23)21-13-16-7-5-6-8-18(16)20/h5-12,14H,4,13H2,1-3H3,(H,21,23)/t14-/m0/s1. The summed E-state index contributed by atoms with van der Waals surface area (Å²) in [6, 6.07) is 13.5. The van der Waals surface area contributed by atoms with Crippen LogP contribution in [0.4, 0.5) is 5.69 Å². The molecule has 1 N–H and O–H groups in total. The molecule has 1 atom stereocenters. The van der Waals surface area contributed by atoms with Crippen molar-refractivity contribution in [3.05, 3.63) is 64.7 Å². The molecule has 0 bridgehead atoms. The fraction of sp³-hybridized carbons (Fsp3) is 0.316. The Hall–Kier alpha value is -2.05. The second-order valence-corrected chi connectivity index (χ2v) is 8.33. The van der Waals surface area contributed by atoms with Crippen molar-refractivity contribution < 1.29 is 13.2 Å². The fourth-order valence-electron chi connectivity index (χ4n) is 2.66. The predicted molar refractivity (Wildman–Crippen MR) is 106 cm³/mol. The van der Waals surface area contributed by atoms with Gasteiger partial charge in [0.05, 0.1) is 11.9 Å². The molecule has 5 nitrogen and oxygen atoms in total. The lowest BCUT2D eigenvalue weighted by molar-refractivity contribution is -0.122. The normalized spacial score (nSPS) is 12.5. The molecule has 2 aromatic rings. The molecule has 0 heterocycles. The monoisotopic (exact) mass is 394 g/mol. The Morgan fingerprint density at radius 1 is 1.15 bits per heavy atom. The van der Waals surface area contributed by atoms with E-state index < -0.39 is 22.0 Å². The molecule has 0 unspecified atom stereocenters. The van der Waals surface area contributed by atoms with Gasteiger partial charge in [0.25, 0.3) is 0 Å². The summed E-state index contributed by atoms with van der Waals surface area (Å²) < 4.78 is 25.7. The second-order valence-electron chi connectivity index (χ2n) is 6.06. The third-order valence-corrected chi connectivity index (χ3v) is 5.71. The van der Waals surface area contributed by atoms with E-state index in [4.69, 9.17) is 11.6 Å². The van der Waals surface area contributed by atoms with Gasteiger partial charge in [-0.3, -0.25) is 9.10 Å². The number of nitrogens with one attached hydrogen (secondary N) is 1. The minimum atomic E-state index is -3.63. The molecule has 0 aliphatic rings. The Labute approximate surface area is 160 Å². The maximum Gasteiger partial charge on any atom is 0.243 e. The number of carbonyl (C=O) groups excluding carboxylic acids is 1. The summed E-state index contributed by atoms with van der Waals surface area (Å²) in [5.41, 5.74) is 2.33. The van der Waals surface area contributed by atoms with Gasteiger partial charge in [0.2, 0.25) is 15.9 Å². The zero-order valence-corrected chi connectivity index (χ0v) is 16.6. The van der Waals surface area contributed by atoms with Gasteiger partial charge in [-0.2, -0.15) is 0 Å².